The average Bonchev–Trinajstić information content (AvgIpc) is 2.46. The Balaban J connectivity index is 1.95. The number of amides is 1. The van der Waals surface area contributed by atoms with Crippen LogP contribution in [0, 0.1) is 12.7 Å². The molecule has 0 spiro atoms. The monoisotopic (exact) mass is 303 g/mol. The molecule has 21 heavy (non-hydrogen) atoms. The van der Waals surface area contributed by atoms with Gasteiger partial charge in [-0.3, -0.25) is 4.79 Å². The molecular weight excluding hydrogens is 289 g/mol. The van der Waals surface area contributed by atoms with Crippen LogP contribution in [0.2, 0.25) is 5.02 Å². The maximum Gasteiger partial charge on any atom is 0.244 e. The second-order valence-electron chi connectivity index (χ2n) is 4.67. The van der Waals surface area contributed by atoms with Crippen molar-refractivity contribution >= 4 is 23.6 Å². The molecule has 0 aliphatic heterocycles. The van der Waals surface area contributed by atoms with Crippen molar-refractivity contribution in [3.05, 3.63) is 76.1 Å². The van der Waals surface area contributed by atoms with E-state index in [1.54, 1.807) is 6.07 Å². The Labute approximate surface area is 128 Å². The molecule has 0 unspecified atom stereocenters. The van der Waals surface area contributed by atoms with E-state index in [-0.39, 0.29) is 16.5 Å². The van der Waals surface area contributed by atoms with Crippen LogP contribution in [0.3, 0.4) is 0 Å². The van der Waals surface area contributed by atoms with E-state index in [0.29, 0.717) is 6.54 Å². The highest BCUT2D eigenvalue weighted by Gasteiger charge is 2.04. The first kappa shape index (κ1) is 15.3. The standard InChI is InChI=1S/C17H15ClFNO/c1-12-5-7-13(8-6-12)11-20-17(21)10-9-14-15(18)3-2-4-16(14)19/h2-10H,11H2,1H3,(H,20,21)/b10-9+. The highest BCUT2D eigenvalue weighted by atomic mass is 35.5. The third kappa shape index (κ3) is 4.43. The van der Waals surface area contributed by atoms with E-state index in [9.17, 15) is 9.18 Å². The summed E-state index contributed by atoms with van der Waals surface area (Å²) in [6, 6.07) is 12.3. The molecule has 0 atom stereocenters. The molecule has 2 rings (SSSR count). The lowest BCUT2D eigenvalue weighted by Gasteiger charge is -2.03. The zero-order chi connectivity index (χ0) is 15.2. The molecule has 0 fully saturated rings. The third-order valence-electron chi connectivity index (χ3n) is 2.99. The number of nitrogens with one attached hydrogen (secondary N) is 1. The lowest BCUT2D eigenvalue weighted by Crippen LogP contribution is -2.20. The lowest BCUT2D eigenvalue weighted by molar-refractivity contribution is -0.116. The maximum atomic E-state index is 13.5. The second-order valence-corrected chi connectivity index (χ2v) is 5.08. The minimum atomic E-state index is -0.454. The van der Waals surface area contributed by atoms with E-state index in [1.165, 1.54) is 29.8 Å². The Morgan fingerprint density at radius 1 is 1.24 bits per heavy atom. The molecule has 0 aliphatic rings. The summed E-state index contributed by atoms with van der Waals surface area (Å²) in [6.07, 6.45) is 2.65. The number of benzene rings is 2. The van der Waals surface area contributed by atoms with Crippen molar-refractivity contribution in [3.63, 3.8) is 0 Å². The van der Waals surface area contributed by atoms with Crippen LogP contribution in [-0.2, 0) is 11.3 Å². The van der Waals surface area contributed by atoms with Crippen molar-refractivity contribution in [1.29, 1.82) is 0 Å². The number of halogens is 2. The summed E-state index contributed by atoms with van der Waals surface area (Å²) < 4.78 is 13.5. The van der Waals surface area contributed by atoms with Crippen LogP contribution < -0.4 is 5.32 Å². The summed E-state index contributed by atoms with van der Waals surface area (Å²) in [5, 5.41) is 3.01. The van der Waals surface area contributed by atoms with Gasteiger partial charge in [0, 0.05) is 18.2 Å². The van der Waals surface area contributed by atoms with E-state index in [1.807, 2.05) is 31.2 Å². The quantitative estimate of drug-likeness (QED) is 0.846. The van der Waals surface area contributed by atoms with Crippen molar-refractivity contribution in [1.82, 2.24) is 5.32 Å². The Kier molecular flexibility index (Phi) is 5.12. The van der Waals surface area contributed by atoms with Gasteiger partial charge in [0.15, 0.2) is 0 Å². The van der Waals surface area contributed by atoms with Gasteiger partial charge < -0.3 is 5.32 Å². The molecule has 1 N–H and O–H groups in total. The molecule has 2 nitrogen and oxygen atoms in total. The fourth-order valence-electron chi connectivity index (χ4n) is 1.78. The molecule has 1 amide bonds. The van der Waals surface area contributed by atoms with Crippen molar-refractivity contribution in [2.45, 2.75) is 13.5 Å². The van der Waals surface area contributed by atoms with Gasteiger partial charge in [-0.05, 0) is 30.7 Å². The molecule has 2 aromatic rings. The lowest BCUT2D eigenvalue weighted by atomic mass is 10.1. The van der Waals surface area contributed by atoms with Crippen LogP contribution in [0.5, 0.6) is 0 Å². The molecule has 4 heteroatoms. The van der Waals surface area contributed by atoms with E-state index in [2.05, 4.69) is 5.32 Å². The van der Waals surface area contributed by atoms with Gasteiger partial charge in [0.05, 0.1) is 5.02 Å². The van der Waals surface area contributed by atoms with Gasteiger partial charge in [-0.25, -0.2) is 4.39 Å². The summed E-state index contributed by atoms with van der Waals surface area (Å²) in [4.78, 5) is 11.7. The molecule has 0 aliphatic carbocycles. The van der Waals surface area contributed by atoms with Crippen LogP contribution in [0.4, 0.5) is 4.39 Å². The van der Waals surface area contributed by atoms with Gasteiger partial charge in [0.25, 0.3) is 0 Å². The molecule has 108 valence electrons. The van der Waals surface area contributed by atoms with Gasteiger partial charge in [-0.1, -0.05) is 47.5 Å². The molecule has 0 aromatic heterocycles. The van der Waals surface area contributed by atoms with Crippen molar-refractivity contribution in [2.75, 3.05) is 0 Å². The minimum absolute atomic E-state index is 0.213. The highest BCUT2D eigenvalue weighted by Crippen LogP contribution is 2.20. The highest BCUT2D eigenvalue weighted by molar-refractivity contribution is 6.32. The molecular formula is C17H15ClFNO. The number of hydrogen-bond donors (Lipinski definition) is 1. The van der Waals surface area contributed by atoms with Crippen LogP contribution in [0.1, 0.15) is 16.7 Å². The largest absolute Gasteiger partial charge is 0.348 e. The number of carbonyl (C=O) groups excluding carboxylic acids is 1. The Hall–Kier alpha value is -2.13. The summed E-state index contributed by atoms with van der Waals surface area (Å²) in [6.45, 7) is 2.43. The topological polar surface area (TPSA) is 29.1 Å². The van der Waals surface area contributed by atoms with Crippen molar-refractivity contribution in [2.24, 2.45) is 0 Å². The van der Waals surface area contributed by atoms with Crippen LogP contribution in [0.25, 0.3) is 6.08 Å². The smallest absolute Gasteiger partial charge is 0.244 e. The molecule has 0 saturated heterocycles. The number of carbonyl (C=O) groups is 1. The van der Waals surface area contributed by atoms with Gasteiger partial charge in [-0.2, -0.15) is 0 Å². The number of rotatable bonds is 4. The van der Waals surface area contributed by atoms with E-state index >= 15 is 0 Å². The van der Waals surface area contributed by atoms with Crippen LogP contribution >= 0.6 is 11.6 Å². The fourth-order valence-corrected chi connectivity index (χ4v) is 2.01. The third-order valence-corrected chi connectivity index (χ3v) is 3.32. The SMILES string of the molecule is Cc1ccc(CNC(=O)/C=C/c2c(F)cccc2Cl)cc1. The molecule has 2 aromatic carbocycles. The fraction of sp³-hybridized carbons (Fsp3) is 0.118. The second kappa shape index (κ2) is 7.04. The first-order valence-corrected chi connectivity index (χ1v) is 6.89. The van der Waals surface area contributed by atoms with E-state index in [0.717, 1.165) is 5.56 Å². The first-order valence-electron chi connectivity index (χ1n) is 6.52. The number of hydrogen-bond acceptors (Lipinski definition) is 1. The Bertz CT molecular complexity index is 645. The van der Waals surface area contributed by atoms with E-state index in [4.69, 9.17) is 11.6 Å². The van der Waals surface area contributed by atoms with E-state index < -0.39 is 5.82 Å². The molecule has 0 radical (unpaired) electrons. The Morgan fingerprint density at radius 2 is 1.95 bits per heavy atom. The summed E-state index contributed by atoms with van der Waals surface area (Å²) in [5.41, 5.74) is 2.38. The zero-order valence-electron chi connectivity index (χ0n) is 11.6. The predicted octanol–water partition coefficient (Wildman–Crippen LogP) is 4.12. The predicted molar refractivity (Wildman–Crippen MR) is 83.5 cm³/mol. The van der Waals surface area contributed by atoms with Crippen molar-refractivity contribution < 1.29 is 9.18 Å². The van der Waals surface area contributed by atoms with Gasteiger partial charge in [0.1, 0.15) is 5.82 Å². The number of aryl methyl sites for hydroxylation is 1. The van der Waals surface area contributed by atoms with Crippen LogP contribution in [0.15, 0.2) is 48.5 Å². The van der Waals surface area contributed by atoms with Crippen LogP contribution in [-0.4, -0.2) is 5.91 Å². The van der Waals surface area contributed by atoms with Gasteiger partial charge in [-0.15, -0.1) is 0 Å². The summed E-state index contributed by atoms with van der Waals surface area (Å²) in [7, 11) is 0. The van der Waals surface area contributed by atoms with Gasteiger partial charge >= 0.3 is 0 Å². The summed E-state index contributed by atoms with van der Waals surface area (Å²) >= 11 is 5.88. The maximum absolute atomic E-state index is 13.5. The van der Waals surface area contributed by atoms with Crippen molar-refractivity contribution in [3.8, 4) is 0 Å². The summed E-state index contributed by atoms with van der Waals surface area (Å²) in [5.74, 6) is -0.750. The van der Waals surface area contributed by atoms with Gasteiger partial charge in [0.2, 0.25) is 5.91 Å². The Morgan fingerprint density at radius 3 is 2.62 bits per heavy atom. The zero-order valence-corrected chi connectivity index (χ0v) is 12.3. The molecule has 0 heterocycles. The molecule has 0 bridgehead atoms. The minimum Gasteiger partial charge on any atom is -0.348 e. The average molecular weight is 304 g/mol. The normalized spacial score (nSPS) is 10.8. The first-order chi connectivity index (χ1) is 10.1. The molecule has 0 saturated carbocycles.